The maximum atomic E-state index is 10.2. The van der Waals surface area contributed by atoms with Gasteiger partial charge in [0.2, 0.25) is 0 Å². The van der Waals surface area contributed by atoms with E-state index >= 15 is 0 Å². The zero-order valence-corrected chi connectivity index (χ0v) is 8.51. The second kappa shape index (κ2) is 5.33. The number of hydrogen-bond acceptors (Lipinski definition) is 0. The first-order chi connectivity index (χ1) is 5.83. The summed E-state index contributed by atoms with van der Waals surface area (Å²) in [5.74, 6) is 0. The van der Waals surface area contributed by atoms with E-state index in [2.05, 4.69) is 28.1 Å². The standard InChI is InChI=1S/C10H12BrO/c11-10-6-4-9(5-7-10)3-1-2-8-12/h4-7H,1-3,8H2. The van der Waals surface area contributed by atoms with Gasteiger partial charge < -0.3 is 0 Å². The largest absolute Gasteiger partial charge is 0.237 e. The molecule has 0 fully saturated rings. The van der Waals surface area contributed by atoms with Gasteiger partial charge in [-0.05, 0) is 37.0 Å². The smallest absolute Gasteiger partial charge is 0.0822 e. The third-order valence-corrected chi connectivity index (χ3v) is 2.30. The minimum Gasteiger partial charge on any atom is -0.237 e. The fourth-order valence-electron chi connectivity index (χ4n) is 1.08. The second-order valence-electron chi connectivity index (χ2n) is 2.79. The summed E-state index contributed by atoms with van der Waals surface area (Å²) in [5.41, 5.74) is 1.31. The highest BCUT2D eigenvalue weighted by molar-refractivity contribution is 9.10. The molecule has 0 aliphatic carbocycles. The molecule has 1 aromatic carbocycles. The van der Waals surface area contributed by atoms with Crippen LogP contribution in [0.1, 0.15) is 18.4 Å². The molecule has 1 aromatic rings. The first kappa shape index (κ1) is 9.75. The van der Waals surface area contributed by atoms with E-state index in [0.717, 1.165) is 23.7 Å². The minimum absolute atomic E-state index is 0.0521. The minimum atomic E-state index is 0.0521. The van der Waals surface area contributed by atoms with Crippen molar-refractivity contribution in [2.75, 3.05) is 6.61 Å². The summed E-state index contributed by atoms with van der Waals surface area (Å²) in [6, 6.07) is 8.25. The van der Waals surface area contributed by atoms with Gasteiger partial charge in [-0.15, -0.1) is 0 Å². The van der Waals surface area contributed by atoms with Crippen LogP contribution >= 0.6 is 15.9 Å². The van der Waals surface area contributed by atoms with Crippen LogP contribution in [0.25, 0.3) is 0 Å². The molecule has 0 spiro atoms. The molecule has 1 rings (SSSR count). The number of aryl methyl sites for hydroxylation is 1. The molecule has 65 valence electrons. The van der Waals surface area contributed by atoms with Crippen molar-refractivity contribution in [3.8, 4) is 0 Å². The highest BCUT2D eigenvalue weighted by atomic mass is 79.9. The average Bonchev–Trinajstić information content (AvgIpc) is 2.09. The Bertz CT molecular complexity index is 218. The van der Waals surface area contributed by atoms with Crippen LogP contribution in [-0.4, -0.2) is 6.61 Å². The van der Waals surface area contributed by atoms with Crippen LogP contribution in [-0.2, 0) is 11.5 Å². The second-order valence-corrected chi connectivity index (χ2v) is 3.70. The van der Waals surface area contributed by atoms with Gasteiger partial charge in [-0.1, -0.05) is 28.1 Å². The molecule has 0 amide bonds. The number of halogens is 1. The maximum absolute atomic E-state index is 10.2. The molecular weight excluding hydrogens is 216 g/mol. The van der Waals surface area contributed by atoms with Crippen molar-refractivity contribution in [3.63, 3.8) is 0 Å². The van der Waals surface area contributed by atoms with Crippen molar-refractivity contribution in [3.05, 3.63) is 34.3 Å². The Morgan fingerprint density at radius 2 is 1.75 bits per heavy atom. The molecule has 1 radical (unpaired) electrons. The third-order valence-electron chi connectivity index (χ3n) is 1.77. The zero-order valence-electron chi connectivity index (χ0n) is 6.92. The fourth-order valence-corrected chi connectivity index (χ4v) is 1.35. The summed E-state index contributed by atoms with van der Waals surface area (Å²) in [4.78, 5) is 0. The van der Waals surface area contributed by atoms with Crippen LogP contribution in [0.15, 0.2) is 28.7 Å². The summed E-state index contributed by atoms with van der Waals surface area (Å²) in [7, 11) is 0. The lowest BCUT2D eigenvalue weighted by Crippen LogP contribution is -1.87. The zero-order chi connectivity index (χ0) is 8.81. The highest BCUT2D eigenvalue weighted by Crippen LogP contribution is 2.12. The van der Waals surface area contributed by atoms with E-state index in [1.165, 1.54) is 5.56 Å². The van der Waals surface area contributed by atoms with E-state index < -0.39 is 0 Å². The molecule has 2 heteroatoms. The van der Waals surface area contributed by atoms with E-state index in [1.807, 2.05) is 12.1 Å². The first-order valence-corrected chi connectivity index (χ1v) is 4.95. The van der Waals surface area contributed by atoms with Gasteiger partial charge in [-0.3, -0.25) is 0 Å². The van der Waals surface area contributed by atoms with Gasteiger partial charge in [0.15, 0.2) is 0 Å². The summed E-state index contributed by atoms with van der Waals surface area (Å²) in [5, 5.41) is 10.2. The van der Waals surface area contributed by atoms with Crippen LogP contribution in [0.4, 0.5) is 0 Å². The quantitative estimate of drug-likeness (QED) is 0.705. The van der Waals surface area contributed by atoms with E-state index in [9.17, 15) is 5.11 Å². The Kier molecular flexibility index (Phi) is 4.33. The number of hydrogen-bond donors (Lipinski definition) is 0. The molecule has 1 nitrogen and oxygen atoms in total. The van der Waals surface area contributed by atoms with E-state index in [4.69, 9.17) is 0 Å². The van der Waals surface area contributed by atoms with Gasteiger partial charge in [-0.25, -0.2) is 5.11 Å². The summed E-state index contributed by atoms with van der Waals surface area (Å²) < 4.78 is 1.11. The van der Waals surface area contributed by atoms with Gasteiger partial charge in [-0.2, -0.15) is 0 Å². The van der Waals surface area contributed by atoms with Gasteiger partial charge in [0.05, 0.1) is 6.61 Å². The average molecular weight is 228 g/mol. The van der Waals surface area contributed by atoms with Crippen LogP contribution in [0.3, 0.4) is 0 Å². The Balaban J connectivity index is 2.37. The Hall–Kier alpha value is -0.340. The van der Waals surface area contributed by atoms with E-state index in [1.54, 1.807) is 0 Å². The van der Waals surface area contributed by atoms with Crippen molar-refractivity contribution in [2.24, 2.45) is 0 Å². The maximum Gasteiger partial charge on any atom is 0.0822 e. The topological polar surface area (TPSA) is 19.9 Å². The lowest BCUT2D eigenvalue weighted by molar-refractivity contribution is 0.187. The van der Waals surface area contributed by atoms with Crippen LogP contribution in [0.2, 0.25) is 0 Å². The molecule has 0 aromatic heterocycles. The molecule has 0 atom stereocenters. The van der Waals surface area contributed by atoms with E-state index in [0.29, 0.717) is 0 Å². The third kappa shape index (κ3) is 3.37. The molecule has 0 bridgehead atoms. The molecule has 0 saturated carbocycles. The SMILES string of the molecule is [O]CCCCc1ccc(Br)cc1. The molecule has 0 unspecified atom stereocenters. The molecular formula is C10H12BrO. The Morgan fingerprint density at radius 3 is 2.33 bits per heavy atom. The van der Waals surface area contributed by atoms with Crippen LogP contribution < -0.4 is 0 Å². The van der Waals surface area contributed by atoms with E-state index in [-0.39, 0.29) is 6.61 Å². The van der Waals surface area contributed by atoms with Crippen LogP contribution in [0.5, 0.6) is 0 Å². The number of unbranched alkanes of at least 4 members (excludes halogenated alkanes) is 1. The van der Waals surface area contributed by atoms with Gasteiger partial charge >= 0.3 is 0 Å². The van der Waals surface area contributed by atoms with Crippen molar-refractivity contribution >= 4 is 15.9 Å². The summed E-state index contributed by atoms with van der Waals surface area (Å²) in [6.07, 6.45) is 2.82. The lowest BCUT2D eigenvalue weighted by atomic mass is 10.1. The molecule has 0 N–H and O–H groups in total. The molecule has 12 heavy (non-hydrogen) atoms. The van der Waals surface area contributed by atoms with Crippen LogP contribution in [0, 0.1) is 0 Å². The van der Waals surface area contributed by atoms with Crippen molar-refractivity contribution in [1.29, 1.82) is 0 Å². The highest BCUT2D eigenvalue weighted by Gasteiger charge is 1.92. The van der Waals surface area contributed by atoms with Gasteiger partial charge in [0, 0.05) is 4.47 Å². The van der Waals surface area contributed by atoms with Crippen molar-refractivity contribution in [2.45, 2.75) is 19.3 Å². The first-order valence-electron chi connectivity index (χ1n) is 4.15. The summed E-state index contributed by atoms with van der Waals surface area (Å²) >= 11 is 3.38. The normalized spacial score (nSPS) is 10.2. The fraction of sp³-hybridized carbons (Fsp3) is 0.400. The molecule has 0 aliphatic rings. The molecule has 0 saturated heterocycles. The molecule has 0 heterocycles. The summed E-state index contributed by atoms with van der Waals surface area (Å²) in [6.45, 7) is 0.0521. The van der Waals surface area contributed by atoms with Gasteiger partial charge in [0.25, 0.3) is 0 Å². The van der Waals surface area contributed by atoms with Gasteiger partial charge in [0.1, 0.15) is 0 Å². The molecule has 0 aliphatic heterocycles. The Morgan fingerprint density at radius 1 is 1.08 bits per heavy atom. The monoisotopic (exact) mass is 227 g/mol. The number of benzene rings is 1. The number of rotatable bonds is 4. The van der Waals surface area contributed by atoms with Crippen molar-refractivity contribution < 1.29 is 5.11 Å². The van der Waals surface area contributed by atoms with Crippen molar-refractivity contribution in [1.82, 2.24) is 0 Å². The lowest BCUT2D eigenvalue weighted by Gasteiger charge is -1.99. The predicted octanol–water partition coefficient (Wildman–Crippen LogP) is 3.20. The predicted molar refractivity (Wildman–Crippen MR) is 52.6 cm³/mol. The Labute approximate surface area is 81.6 Å².